The van der Waals surface area contributed by atoms with Crippen LogP contribution in [0.4, 0.5) is 0 Å². The van der Waals surface area contributed by atoms with E-state index in [1.54, 1.807) is 0 Å². The lowest BCUT2D eigenvalue weighted by atomic mass is 9.96. The molecule has 1 heterocycles. The Morgan fingerprint density at radius 3 is 1.68 bits per heavy atom. The third-order valence-electron chi connectivity index (χ3n) is 6.85. The summed E-state index contributed by atoms with van der Waals surface area (Å²) in [5, 5.41) is 0.142. The van der Waals surface area contributed by atoms with E-state index >= 15 is 0 Å². The molecule has 3 heteroatoms. The number of nitrogens with two attached hydrogens (primary N) is 1. The molecule has 0 amide bonds. The molecule has 2 unspecified atom stereocenters. The number of ether oxygens (including phenoxy) is 1. The minimum atomic E-state index is -0.191. The van der Waals surface area contributed by atoms with Crippen LogP contribution < -0.4 is 5.73 Å². The van der Waals surface area contributed by atoms with E-state index in [1.165, 1.54) is 128 Å². The second kappa shape index (κ2) is 17.9. The first-order chi connectivity index (χ1) is 13.7. The summed E-state index contributed by atoms with van der Waals surface area (Å²) in [6.45, 7) is 5.58. The fourth-order valence-electron chi connectivity index (χ4n) is 4.97. The highest BCUT2D eigenvalue weighted by molar-refractivity contribution is 6.39. The molecule has 1 saturated heterocycles. The van der Waals surface area contributed by atoms with Crippen molar-refractivity contribution in [2.24, 2.45) is 5.73 Å². The molecule has 0 spiro atoms. The van der Waals surface area contributed by atoms with Gasteiger partial charge in [0.05, 0.1) is 14.7 Å². The molecule has 2 atom stereocenters. The molecule has 0 bridgehead atoms. The second-order valence-electron chi connectivity index (χ2n) is 9.47. The highest BCUT2D eigenvalue weighted by Crippen LogP contribution is 2.30. The molecule has 0 aliphatic carbocycles. The molecule has 2 N–H and O–H groups in total. The lowest BCUT2D eigenvalue weighted by Gasteiger charge is -2.42. The highest BCUT2D eigenvalue weighted by atomic mass is 28.2. The van der Waals surface area contributed by atoms with Crippen LogP contribution in [0.1, 0.15) is 136 Å². The van der Waals surface area contributed by atoms with E-state index in [0.717, 1.165) is 6.61 Å². The van der Waals surface area contributed by atoms with E-state index in [1.807, 2.05) is 0 Å². The topological polar surface area (TPSA) is 35.2 Å². The maximum absolute atomic E-state index is 6.63. The first kappa shape index (κ1) is 26.2. The Labute approximate surface area is 180 Å². The van der Waals surface area contributed by atoms with Gasteiger partial charge >= 0.3 is 0 Å². The SMILES string of the molecule is CCCCCCCCCCCCCCCCCC(N)C1([SiH2]CC)CCCCO1. The van der Waals surface area contributed by atoms with Gasteiger partial charge in [-0.2, -0.15) is 0 Å². The summed E-state index contributed by atoms with van der Waals surface area (Å²) in [7, 11) is -0.191. The summed E-state index contributed by atoms with van der Waals surface area (Å²) in [5.41, 5.74) is 6.63. The quantitative estimate of drug-likeness (QED) is 0.182. The molecule has 28 heavy (non-hydrogen) atoms. The van der Waals surface area contributed by atoms with Crippen LogP contribution >= 0.6 is 0 Å². The van der Waals surface area contributed by atoms with E-state index in [0.29, 0.717) is 6.04 Å². The molecule has 1 aliphatic rings. The molecule has 1 fully saturated rings. The van der Waals surface area contributed by atoms with Gasteiger partial charge in [-0.1, -0.05) is 116 Å². The van der Waals surface area contributed by atoms with Gasteiger partial charge in [-0.05, 0) is 25.7 Å². The Hall–Kier alpha value is 0.137. The first-order valence-electron chi connectivity index (χ1n) is 13.1. The van der Waals surface area contributed by atoms with Gasteiger partial charge in [-0.3, -0.25) is 0 Å². The lowest BCUT2D eigenvalue weighted by Crippen LogP contribution is -2.56. The smallest absolute Gasteiger partial charge is 0.0666 e. The molecule has 0 saturated carbocycles. The van der Waals surface area contributed by atoms with Gasteiger partial charge in [-0.25, -0.2) is 0 Å². The number of hydrogen-bond donors (Lipinski definition) is 1. The summed E-state index contributed by atoms with van der Waals surface area (Å²) in [6.07, 6.45) is 26.5. The molecule has 0 radical (unpaired) electrons. The van der Waals surface area contributed by atoms with Gasteiger partial charge in [0.15, 0.2) is 0 Å². The summed E-state index contributed by atoms with van der Waals surface area (Å²) in [6, 6.07) is 1.63. The Morgan fingerprint density at radius 2 is 1.25 bits per heavy atom. The third kappa shape index (κ3) is 12.0. The maximum Gasteiger partial charge on any atom is 0.0666 e. The van der Waals surface area contributed by atoms with E-state index in [2.05, 4.69) is 13.8 Å². The second-order valence-corrected chi connectivity index (χ2v) is 12.2. The summed E-state index contributed by atoms with van der Waals surface area (Å²) in [5.74, 6) is 0. The first-order valence-corrected chi connectivity index (χ1v) is 14.9. The van der Waals surface area contributed by atoms with E-state index in [4.69, 9.17) is 10.5 Å². The van der Waals surface area contributed by atoms with Gasteiger partial charge in [0.25, 0.3) is 0 Å². The fourth-order valence-corrected chi connectivity index (χ4v) is 7.18. The zero-order chi connectivity index (χ0) is 20.3. The van der Waals surface area contributed by atoms with Crippen molar-refractivity contribution in [2.45, 2.75) is 153 Å². The van der Waals surface area contributed by atoms with Crippen LogP contribution in [0.3, 0.4) is 0 Å². The van der Waals surface area contributed by atoms with Gasteiger partial charge in [0.1, 0.15) is 0 Å². The highest BCUT2D eigenvalue weighted by Gasteiger charge is 2.37. The standard InChI is InChI=1S/C25H53NOSi/c1-3-5-6-7-8-9-10-11-12-13-14-15-16-17-18-21-24(26)25(28-4-2)22-19-20-23-27-25/h24H,3-23,26,28H2,1-2H3. The summed E-state index contributed by atoms with van der Waals surface area (Å²) in [4.78, 5) is 0. The summed E-state index contributed by atoms with van der Waals surface area (Å²) < 4.78 is 6.28. The van der Waals surface area contributed by atoms with Crippen molar-refractivity contribution in [3.63, 3.8) is 0 Å². The van der Waals surface area contributed by atoms with E-state index < -0.39 is 0 Å². The predicted molar refractivity (Wildman–Crippen MR) is 129 cm³/mol. The summed E-state index contributed by atoms with van der Waals surface area (Å²) >= 11 is 0. The third-order valence-corrected chi connectivity index (χ3v) is 9.28. The Kier molecular flexibility index (Phi) is 16.8. The van der Waals surface area contributed by atoms with Gasteiger partial charge in [0, 0.05) is 12.6 Å². The van der Waals surface area contributed by atoms with Crippen molar-refractivity contribution < 1.29 is 4.74 Å². The van der Waals surface area contributed by atoms with Crippen molar-refractivity contribution in [3.05, 3.63) is 0 Å². The number of unbranched alkanes of at least 4 members (excludes halogenated alkanes) is 14. The zero-order valence-corrected chi connectivity index (χ0v) is 21.0. The average molecular weight is 412 g/mol. The largest absolute Gasteiger partial charge is 0.378 e. The van der Waals surface area contributed by atoms with Crippen molar-refractivity contribution in [1.29, 1.82) is 0 Å². The van der Waals surface area contributed by atoms with Crippen LogP contribution in [-0.2, 0) is 4.74 Å². The van der Waals surface area contributed by atoms with Crippen LogP contribution in [0.2, 0.25) is 6.04 Å². The van der Waals surface area contributed by atoms with Crippen molar-refractivity contribution >= 4 is 9.52 Å². The van der Waals surface area contributed by atoms with Gasteiger partial charge in [0.2, 0.25) is 0 Å². The maximum atomic E-state index is 6.63. The molecular weight excluding hydrogens is 358 g/mol. The van der Waals surface area contributed by atoms with Crippen molar-refractivity contribution in [3.8, 4) is 0 Å². The molecule has 0 aromatic rings. The van der Waals surface area contributed by atoms with Crippen LogP contribution in [0.15, 0.2) is 0 Å². The minimum Gasteiger partial charge on any atom is -0.378 e. The number of hydrogen-bond acceptors (Lipinski definition) is 2. The minimum absolute atomic E-state index is 0.142. The Morgan fingerprint density at radius 1 is 0.750 bits per heavy atom. The molecule has 168 valence electrons. The molecule has 0 aromatic heterocycles. The van der Waals surface area contributed by atoms with Crippen molar-refractivity contribution in [1.82, 2.24) is 0 Å². The fraction of sp³-hybridized carbons (Fsp3) is 1.00. The molecule has 0 aromatic carbocycles. The lowest BCUT2D eigenvalue weighted by molar-refractivity contribution is -0.0382. The van der Waals surface area contributed by atoms with Crippen LogP contribution in [0.5, 0.6) is 0 Å². The predicted octanol–water partition coefficient (Wildman–Crippen LogP) is 7.08. The molecule has 1 rings (SSSR count). The molecular formula is C25H53NOSi. The van der Waals surface area contributed by atoms with Crippen LogP contribution in [0.25, 0.3) is 0 Å². The Bertz CT molecular complexity index is 325. The zero-order valence-electron chi connectivity index (χ0n) is 19.6. The molecule has 1 aliphatic heterocycles. The average Bonchev–Trinajstić information content (AvgIpc) is 2.71. The Balaban J connectivity index is 1.89. The van der Waals surface area contributed by atoms with E-state index in [-0.39, 0.29) is 14.7 Å². The van der Waals surface area contributed by atoms with Gasteiger partial charge < -0.3 is 10.5 Å². The normalized spacial score (nSPS) is 21.5. The van der Waals surface area contributed by atoms with Crippen LogP contribution in [-0.4, -0.2) is 27.4 Å². The number of rotatable bonds is 19. The van der Waals surface area contributed by atoms with Crippen LogP contribution in [0, 0.1) is 0 Å². The van der Waals surface area contributed by atoms with Crippen molar-refractivity contribution in [2.75, 3.05) is 6.61 Å². The monoisotopic (exact) mass is 411 g/mol. The van der Waals surface area contributed by atoms with Gasteiger partial charge in [-0.15, -0.1) is 0 Å². The molecule has 2 nitrogen and oxygen atoms in total. The van der Waals surface area contributed by atoms with E-state index in [9.17, 15) is 0 Å².